The molecule has 0 aromatic carbocycles. The van der Waals surface area contributed by atoms with Crippen LogP contribution in [-0.2, 0) is 4.74 Å². The van der Waals surface area contributed by atoms with Crippen LogP contribution < -0.4 is 5.32 Å². The van der Waals surface area contributed by atoms with Gasteiger partial charge in [-0.2, -0.15) is 0 Å². The first-order valence-electron chi connectivity index (χ1n) is 5.85. The molecule has 0 amide bonds. The van der Waals surface area contributed by atoms with Gasteiger partial charge in [-0.05, 0) is 32.2 Å². The Hall–Kier alpha value is -0.120. The van der Waals surface area contributed by atoms with E-state index < -0.39 is 5.60 Å². The zero-order valence-electron chi connectivity index (χ0n) is 10.8. The number of aliphatic hydroxyl groups is 1. The van der Waals surface area contributed by atoms with E-state index in [0.29, 0.717) is 6.04 Å². The van der Waals surface area contributed by atoms with Gasteiger partial charge in [0.2, 0.25) is 0 Å². The van der Waals surface area contributed by atoms with Gasteiger partial charge in [0.25, 0.3) is 0 Å². The van der Waals surface area contributed by atoms with Crippen LogP contribution in [0.25, 0.3) is 0 Å². The Morgan fingerprint density at radius 2 is 1.93 bits per heavy atom. The largest absolute Gasteiger partial charge is 0.390 e. The Bertz CT molecular complexity index is 158. The molecule has 0 saturated heterocycles. The molecular weight excluding hydrogens is 190 g/mol. The summed E-state index contributed by atoms with van der Waals surface area (Å²) in [4.78, 5) is 0. The van der Waals surface area contributed by atoms with E-state index in [9.17, 15) is 5.11 Å². The highest BCUT2D eigenvalue weighted by Gasteiger charge is 2.27. The molecule has 0 saturated carbocycles. The summed E-state index contributed by atoms with van der Waals surface area (Å²) >= 11 is 0. The summed E-state index contributed by atoms with van der Waals surface area (Å²) < 4.78 is 5.02. The Morgan fingerprint density at radius 1 is 1.33 bits per heavy atom. The maximum absolute atomic E-state index is 10.2. The molecule has 0 fully saturated rings. The number of methoxy groups -OCH3 is 1. The average Bonchev–Trinajstić information content (AvgIpc) is 2.13. The van der Waals surface area contributed by atoms with Gasteiger partial charge in [-0.3, -0.25) is 0 Å². The Morgan fingerprint density at radius 3 is 2.40 bits per heavy atom. The number of nitrogens with one attached hydrogen (secondary N) is 1. The van der Waals surface area contributed by atoms with Crippen molar-refractivity contribution in [2.24, 2.45) is 5.92 Å². The second-order valence-corrected chi connectivity index (χ2v) is 4.90. The topological polar surface area (TPSA) is 41.5 Å². The first-order valence-corrected chi connectivity index (χ1v) is 5.85. The molecule has 0 bridgehead atoms. The van der Waals surface area contributed by atoms with E-state index in [1.54, 1.807) is 7.11 Å². The molecule has 15 heavy (non-hydrogen) atoms. The predicted molar refractivity (Wildman–Crippen MR) is 64.0 cm³/mol. The molecule has 2 atom stereocenters. The van der Waals surface area contributed by atoms with E-state index in [1.807, 2.05) is 6.92 Å². The number of hydrogen-bond acceptors (Lipinski definition) is 3. The van der Waals surface area contributed by atoms with E-state index in [0.717, 1.165) is 26.0 Å². The Balaban J connectivity index is 3.82. The molecule has 0 aromatic rings. The first-order chi connectivity index (χ1) is 6.90. The maximum atomic E-state index is 10.2. The summed E-state index contributed by atoms with van der Waals surface area (Å²) in [6.45, 7) is 9.80. The average molecular weight is 217 g/mol. The van der Waals surface area contributed by atoms with Crippen molar-refractivity contribution >= 4 is 0 Å². The second-order valence-electron chi connectivity index (χ2n) is 4.90. The van der Waals surface area contributed by atoms with Crippen LogP contribution in [0.4, 0.5) is 0 Å². The van der Waals surface area contributed by atoms with E-state index in [1.165, 1.54) is 0 Å². The number of ether oxygens (including phenoxy) is 1. The Kier molecular flexibility index (Phi) is 7.14. The van der Waals surface area contributed by atoms with Crippen LogP contribution in [0, 0.1) is 5.92 Å². The van der Waals surface area contributed by atoms with Gasteiger partial charge in [0.1, 0.15) is 0 Å². The van der Waals surface area contributed by atoms with Gasteiger partial charge in [-0.25, -0.2) is 0 Å². The molecule has 2 unspecified atom stereocenters. The van der Waals surface area contributed by atoms with Gasteiger partial charge < -0.3 is 15.2 Å². The second kappa shape index (κ2) is 7.20. The van der Waals surface area contributed by atoms with Crippen molar-refractivity contribution in [1.82, 2.24) is 5.32 Å². The molecular formula is C12H27NO2. The summed E-state index contributed by atoms with van der Waals surface area (Å²) in [6.07, 6.45) is 1.70. The standard InChI is InChI=1S/C12H27NO2/c1-10(2)13-8-7-12(4,14)11(3)6-9-15-5/h10-11,13-14H,6-9H2,1-5H3. The lowest BCUT2D eigenvalue weighted by Gasteiger charge is -2.30. The molecule has 0 aliphatic carbocycles. The van der Waals surface area contributed by atoms with Crippen LogP contribution in [0.15, 0.2) is 0 Å². The number of rotatable bonds is 8. The van der Waals surface area contributed by atoms with Crippen molar-refractivity contribution in [3.05, 3.63) is 0 Å². The lowest BCUT2D eigenvalue weighted by atomic mass is 9.85. The van der Waals surface area contributed by atoms with Gasteiger partial charge in [0.15, 0.2) is 0 Å². The normalized spacial score (nSPS) is 17.8. The number of hydrogen-bond donors (Lipinski definition) is 2. The van der Waals surface area contributed by atoms with Gasteiger partial charge >= 0.3 is 0 Å². The molecule has 3 heteroatoms. The summed E-state index contributed by atoms with van der Waals surface area (Å²) in [5.74, 6) is 0.270. The van der Waals surface area contributed by atoms with Crippen molar-refractivity contribution in [2.75, 3.05) is 20.3 Å². The summed E-state index contributed by atoms with van der Waals surface area (Å²) in [6, 6.07) is 0.482. The van der Waals surface area contributed by atoms with E-state index in [4.69, 9.17) is 4.74 Å². The summed E-state index contributed by atoms with van der Waals surface area (Å²) in [5.41, 5.74) is -0.597. The minimum absolute atomic E-state index is 0.270. The molecule has 2 N–H and O–H groups in total. The molecule has 0 heterocycles. The highest BCUT2D eigenvalue weighted by Crippen LogP contribution is 2.23. The monoisotopic (exact) mass is 217 g/mol. The zero-order valence-corrected chi connectivity index (χ0v) is 10.8. The highest BCUT2D eigenvalue weighted by molar-refractivity contribution is 4.80. The van der Waals surface area contributed by atoms with Crippen LogP contribution in [0.2, 0.25) is 0 Å². The van der Waals surface area contributed by atoms with E-state index >= 15 is 0 Å². The van der Waals surface area contributed by atoms with E-state index in [-0.39, 0.29) is 5.92 Å². The van der Waals surface area contributed by atoms with Crippen molar-refractivity contribution in [1.29, 1.82) is 0 Å². The third kappa shape index (κ3) is 6.88. The minimum atomic E-state index is -0.597. The molecule has 0 aliphatic rings. The van der Waals surface area contributed by atoms with Crippen LogP contribution in [0.3, 0.4) is 0 Å². The molecule has 3 nitrogen and oxygen atoms in total. The van der Waals surface area contributed by atoms with Crippen molar-refractivity contribution in [3.8, 4) is 0 Å². The maximum Gasteiger partial charge on any atom is 0.0658 e. The van der Waals surface area contributed by atoms with Crippen molar-refractivity contribution < 1.29 is 9.84 Å². The molecule has 0 rings (SSSR count). The van der Waals surface area contributed by atoms with Crippen LogP contribution >= 0.6 is 0 Å². The van der Waals surface area contributed by atoms with Crippen LogP contribution in [-0.4, -0.2) is 37.0 Å². The van der Waals surface area contributed by atoms with Gasteiger partial charge in [0.05, 0.1) is 5.60 Å². The van der Waals surface area contributed by atoms with E-state index in [2.05, 4.69) is 26.1 Å². The SMILES string of the molecule is COCCC(C)C(C)(O)CCNC(C)C. The van der Waals surface area contributed by atoms with Crippen molar-refractivity contribution in [3.63, 3.8) is 0 Å². The van der Waals surface area contributed by atoms with Gasteiger partial charge in [-0.1, -0.05) is 20.8 Å². The van der Waals surface area contributed by atoms with Gasteiger partial charge in [-0.15, -0.1) is 0 Å². The fourth-order valence-electron chi connectivity index (χ4n) is 1.47. The fraction of sp³-hybridized carbons (Fsp3) is 1.00. The third-order valence-electron chi connectivity index (χ3n) is 3.00. The molecule has 0 aliphatic heterocycles. The highest BCUT2D eigenvalue weighted by atomic mass is 16.5. The van der Waals surface area contributed by atoms with Crippen LogP contribution in [0.1, 0.15) is 40.5 Å². The molecule has 0 aromatic heterocycles. The molecule has 92 valence electrons. The van der Waals surface area contributed by atoms with Crippen molar-refractivity contribution in [2.45, 2.75) is 52.2 Å². The fourth-order valence-corrected chi connectivity index (χ4v) is 1.47. The third-order valence-corrected chi connectivity index (χ3v) is 3.00. The summed E-state index contributed by atoms with van der Waals surface area (Å²) in [7, 11) is 1.70. The minimum Gasteiger partial charge on any atom is -0.390 e. The molecule has 0 spiro atoms. The molecule has 0 radical (unpaired) electrons. The smallest absolute Gasteiger partial charge is 0.0658 e. The van der Waals surface area contributed by atoms with Gasteiger partial charge in [0, 0.05) is 19.8 Å². The quantitative estimate of drug-likeness (QED) is 0.651. The lowest BCUT2D eigenvalue weighted by molar-refractivity contribution is -0.0129. The zero-order chi connectivity index (χ0) is 11.9. The first kappa shape index (κ1) is 14.9. The predicted octanol–water partition coefficient (Wildman–Crippen LogP) is 1.80. The summed E-state index contributed by atoms with van der Waals surface area (Å²) in [5, 5.41) is 13.5. The Labute approximate surface area is 94.2 Å². The van der Waals surface area contributed by atoms with Crippen LogP contribution in [0.5, 0.6) is 0 Å². The lowest BCUT2D eigenvalue weighted by Crippen LogP contribution is -2.38.